The van der Waals surface area contributed by atoms with E-state index < -0.39 is 0 Å². The summed E-state index contributed by atoms with van der Waals surface area (Å²) in [5.74, 6) is 5.99. The zero-order valence-electron chi connectivity index (χ0n) is 19.9. The van der Waals surface area contributed by atoms with Gasteiger partial charge in [0.25, 0.3) is 0 Å². The first-order chi connectivity index (χ1) is 13.9. The van der Waals surface area contributed by atoms with Crippen LogP contribution >= 0.6 is 0 Å². The van der Waals surface area contributed by atoms with Crippen LogP contribution in [0.25, 0.3) is 0 Å². The normalized spacial score (nSPS) is 51.5. The van der Waals surface area contributed by atoms with Crippen molar-refractivity contribution in [1.29, 1.82) is 0 Å². The Bertz CT molecular complexity index is 707. The van der Waals surface area contributed by atoms with Gasteiger partial charge in [-0.05, 0) is 141 Å². The van der Waals surface area contributed by atoms with E-state index in [2.05, 4.69) is 40.0 Å². The van der Waals surface area contributed by atoms with Crippen LogP contribution in [0.15, 0.2) is 17.9 Å². The summed E-state index contributed by atoms with van der Waals surface area (Å²) in [6.45, 7) is 14.0. The Morgan fingerprint density at radius 2 is 1.69 bits per heavy atom. The molecular formula is C29H52. The van der Waals surface area contributed by atoms with Crippen molar-refractivity contribution in [2.24, 2.45) is 51.8 Å². The van der Waals surface area contributed by atoms with E-state index in [4.69, 9.17) is 0 Å². The average molecular weight is 401 g/mol. The van der Waals surface area contributed by atoms with Gasteiger partial charge in [-0.1, -0.05) is 33.8 Å². The summed E-state index contributed by atoms with van der Waals surface area (Å²) in [6.07, 6.45) is 19.7. The van der Waals surface area contributed by atoms with Crippen LogP contribution < -0.4 is 0 Å². The van der Waals surface area contributed by atoms with E-state index in [1.54, 1.807) is 38.5 Å². The molecule has 5 saturated carbocycles. The molecule has 0 aromatic rings. The third-order valence-electron chi connectivity index (χ3n) is 11.6. The molecule has 5 fully saturated rings. The lowest BCUT2D eigenvalue weighted by molar-refractivity contribution is -0.148. The van der Waals surface area contributed by atoms with Gasteiger partial charge < -0.3 is 0 Å². The number of allylic oxidation sites excluding steroid dienone is 1. The predicted octanol–water partition coefficient (Wildman–Crippen LogP) is 9.31. The van der Waals surface area contributed by atoms with E-state index in [1.165, 1.54) is 50.5 Å². The van der Waals surface area contributed by atoms with Crippen LogP contribution in [0.5, 0.6) is 0 Å². The Morgan fingerprint density at radius 3 is 2.38 bits per heavy atom. The quantitative estimate of drug-likeness (QED) is 0.412. The zero-order valence-corrected chi connectivity index (χ0v) is 19.9. The Balaban J connectivity index is 0.00000121. The first-order valence-corrected chi connectivity index (χ1v) is 13.2. The molecule has 0 saturated heterocycles. The van der Waals surface area contributed by atoms with E-state index >= 15 is 0 Å². The Kier molecular flexibility index (Phi) is 4.94. The summed E-state index contributed by atoms with van der Waals surface area (Å²) in [7, 11) is 0. The monoisotopic (exact) mass is 400 g/mol. The highest BCUT2D eigenvalue weighted by atomic mass is 14.7. The van der Waals surface area contributed by atoms with Gasteiger partial charge in [0.1, 0.15) is 0 Å². The molecule has 0 spiro atoms. The van der Waals surface area contributed by atoms with Gasteiger partial charge in [-0.2, -0.15) is 0 Å². The Labute approximate surface area is 185 Å². The molecule has 8 atom stereocenters. The van der Waals surface area contributed by atoms with Gasteiger partial charge in [-0.3, -0.25) is 0 Å². The lowest BCUT2D eigenvalue weighted by Gasteiger charge is -2.64. The predicted molar refractivity (Wildman–Crippen MR) is 130 cm³/mol. The fraction of sp³-hybridized carbons (Fsp3) is 0.897. The third-order valence-corrected chi connectivity index (χ3v) is 11.6. The second kappa shape index (κ2) is 7.02. The van der Waals surface area contributed by atoms with E-state index in [0.717, 1.165) is 40.9 Å². The van der Waals surface area contributed by atoms with Crippen molar-refractivity contribution >= 4 is 0 Å². The van der Waals surface area contributed by atoms with Crippen molar-refractivity contribution in [3.8, 4) is 0 Å². The van der Waals surface area contributed by atoms with Crippen molar-refractivity contribution in [2.75, 3.05) is 0 Å². The SMILES string of the molecule is C=C=C(C)[C@H]1CCC2[C@@H]3CC[C@@H]4C[C@@](C)(CCC)CC[C@]4(C4CC4)C3CC[C@@]21C.[HH].[HH].[HH]. The maximum Gasteiger partial charge on any atom is 0 e. The fourth-order valence-electron chi connectivity index (χ4n) is 10.3. The van der Waals surface area contributed by atoms with Crippen LogP contribution in [0.4, 0.5) is 0 Å². The van der Waals surface area contributed by atoms with E-state index in [0.29, 0.717) is 10.8 Å². The smallest absolute Gasteiger partial charge is 0 e. The topological polar surface area (TPSA) is 0 Å². The van der Waals surface area contributed by atoms with Gasteiger partial charge >= 0.3 is 0 Å². The van der Waals surface area contributed by atoms with Gasteiger partial charge in [0.05, 0.1) is 0 Å². The van der Waals surface area contributed by atoms with Gasteiger partial charge in [0.15, 0.2) is 0 Å². The van der Waals surface area contributed by atoms with Gasteiger partial charge in [-0.15, -0.1) is 5.73 Å². The molecule has 0 N–H and O–H groups in total. The van der Waals surface area contributed by atoms with E-state index in [-0.39, 0.29) is 4.28 Å². The molecular weight excluding hydrogens is 348 g/mol. The average Bonchev–Trinajstić information content (AvgIpc) is 3.49. The Morgan fingerprint density at radius 1 is 0.931 bits per heavy atom. The van der Waals surface area contributed by atoms with Crippen molar-refractivity contribution in [3.05, 3.63) is 17.9 Å². The van der Waals surface area contributed by atoms with Gasteiger partial charge in [0, 0.05) is 4.28 Å². The summed E-state index contributed by atoms with van der Waals surface area (Å²) in [5.41, 5.74) is 6.71. The standard InChI is InChI=1S/C29H46.3H2/c1-6-15-27(4)17-18-29(21-8-9-21)22(19-27)10-11-23-25-13-12-24(20(3)7-2)28(25,5)16-14-26(23)29;;;/h21-26H,2,6,8-19H2,1,3-5H3;3*1H/t22-,23+,24-,25?,26?,27+,28-,29-;;;/m1.../s1. The molecule has 0 aromatic carbocycles. The zero-order chi connectivity index (χ0) is 20.4. The lowest BCUT2D eigenvalue weighted by Crippen LogP contribution is -2.56. The molecule has 0 nitrogen and oxygen atoms in total. The summed E-state index contributed by atoms with van der Waals surface area (Å²) >= 11 is 0. The van der Waals surface area contributed by atoms with E-state index in [1.807, 2.05) is 0 Å². The molecule has 5 aliphatic carbocycles. The molecule has 0 aromatic heterocycles. The molecule has 0 aliphatic heterocycles. The van der Waals surface area contributed by atoms with Gasteiger partial charge in [-0.25, -0.2) is 0 Å². The van der Waals surface area contributed by atoms with Crippen molar-refractivity contribution < 1.29 is 4.28 Å². The van der Waals surface area contributed by atoms with Crippen LogP contribution in [-0.2, 0) is 0 Å². The third kappa shape index (κ3) is 2.91. The molecule has 2 unspecified atom stereocenters. The number of hydrogen-bond donors (Lipinski definition) is 0. The van der Waals surface area contributed by atoms with Crippen LogP contribution in [0, 0.1) is 51.8 Å². The first kappa shape index (κ1) is 20.4. The van der Waals surface area contributed by atoms with Crippen LogP contribution in [0.3, 0.4) is 0 Å². The number of rotatable bonds is 4. The largest absolute Gasteiger partial charge is 0.130 e. The summed E-state index contributed by atoms with van der Waals surface area (Å²) in [4.78, 5) is 0. The Hall–Kier alpha value is -0.480. The summed E-state index contributed by atoms with van der Waals surface area (Å²) < 4.78 is 0. The van der Waals surface area contributed by atoms with E-state index in [9.17, 15) is 0 Å². The molecule has 0 heteroatoms. The molecule has 0 bridgehead atoms. The van der Waals surface area contributed by atoms with Crippen LogP contribution in [0.2, 0.25) is 0 Å². The molecule has 0 amide bonds. The maximum atomic E-state index is 4.02. The molecule has 29 heavy (non-hydrogen) atoms. The highest BCUT2D eigenvalue weighted by Gasteiger charge is 2.65. The second-order valence-corrected chi connectivity index (χ2v) is 12.8. The fourth-order valence-corrected chi connectivity index (χ4v) is 10.3. The molecule has 0 heterocycles. The minimum absolute atomic E-state index is 0. The lowest BCUT2D eigenvalue weighted by atomic mass is 9.41. The minimum atomic E-state index is 0. The van der Waals surface area contributed by atoms with Crippen molar-refractivity contribution in [2.45, 2.75) is 111 Å². The number of fused-ring (bicyclic) bond motifs is 5. The van der Waals surface area contributed by atoms with Crippen molar-refractivity contribution in [1.82, 2.24) is 0 Å². The van der Waals surface area contributed by atoms with Crippen LogP contribution in [-0.4, -0.2) is 0 Å². The summed E-state index contributed by atoms with van der Waals surface area (Å²) in [6, 6.07) is 0. The van der Waals surface area contributed by atoms with Gasteiger partial charge in [0.2, 0.25) is 0 Å². The highest BCUT2D eigenvalue weighted by molar-refractivity contribution is 5.18. The number of hydrogen-bond acceptors (Lipinski definition) is 0. The van der Waals surface area contributed by atoms with Crippen molar-refractivity contribution in [3.63, 3.8) is 0 Å². The second-order valence-electron chi connectivity index (χ2n) is 12.8. The molecule has 5 rings (SSSR count). The minimum Gasteiger partial charge on any atom is -0.130 e. The molecule has 0 radical (unpaired) electrons. The first-order valence-electron chi connectivity index (χ1n) is 13.2. The highest BCUT2D eigenvalue weighted by Crippen LogP contribution is 2.73. The van der Waals surface area contributed by atoms with Crippen LogP contribution in [0.1, 0.15) is 115 Å². The maximum absolute atomic E-state index is 4.02. The molecule has 5 aliphatic rings. The molecule has 168 valence electrons. The summed E-state index contributed by atoms with van der Waals surface area (Å²) in [5, 5.41) is 0.